The minimum atomic E-state index is -0.321. The van der Waals surface area contributed by atoms with Gasteiger partial charge >= 0.3 is 0 Å². The third kappa shape index (κ3) is 4.13. The second-order valence-electron chi connectivity index (χ2n) is 7.69. The van der Waals surface area contributed by atoms with E-state index in [1.54, 1.807) is 12.3 Å². The van der Waals surface area contributed by atoms with E-state index in [1.165, 1.54) is 5.56 Å². The van der Waals surface area contributed by atoms with Gasteiger partial charge in [-0.3, -0.25) is 14.6 Å². The molecule has 1 aromatic carbocycles. The summed E-state index contributed by atoms with van der Waals surface area (Å²) in [5.74, 6) is -0.0393. The Bertz CT molecular complexity index is 806. The number of ketones is 1. The average Bonchev–Trinajstić information content (AvgIpc) is 2.97. The number of pyridine rings is 1. The van der Waals surface area contributed by atoms with E-state index in [2.05, 4.69) is 22.4 Å². The number of carbonyl (C=O) groups excluding carboxylic acids is 2. The topological polar surface area (TPSA) is 59.1 Å². The van der Waals surface area contributed by atoms with Crippen LogP contribution in [0.3, 0.4) is 0 Å². The van der Waals surface area contributed by atoms with Crippen molar-refractivity contribution in [3.63, 3.8) is 0 Å². The highest BCUT2D eigenvalue weighted by molar-refractivity contribution is 5.93. The van der Waals surface area contributed by atoms with Gasteiger partial charge in [0.05, 0.1) is 0 Å². The molecule has 4 heteroatoms. The average molecular weight is 336 g/mol. The van der Waals surface area contributed by atoms with Crippen LogP contribution in [0.1, 0.15) is 60.3 Å². The Balaban J connectivity index is 1.73. The molecule has 0 aliphatic heterocycles. The van der Waals surface area contributed by atoms with Crippen LogP contribution < -0.4 is 5.32 Å². The molecule has 0 spiro atoms. The lowest BCUT2D eigenvalue weighted by atomic mass is 9.92. The molecule has 2 aromatic rings. The lowest BCUT2D eigenvalue weighted by Crippen LogP contribution is -2.40. The quantitative estimate of drug-likeness (QED) is 0.930. The third-order valence-electron chi connectivity index (χ3n) is 4.45. The van der Waals surface area contributed by atoms with Crippen LogP contribution in [0.4, 0.5) is 0 Å². The van der Waals surface area contributed by atoms with Crippen LogP contribution in [0.2, 0.25) is 0 Å². The molecular formula is C21H24N2O2. The van der Waals surface area contributed by atoms with Crippen molar-refractivity contribution in [3.8, 4) is 0 Å². The van der Waals surface area contributed by atoms with Crippen LogP contribution in [0.15, 0.2) is 42.6 Å². The maximum atomic E-state index is 12.8. The fourth-order valence-electron chi connectivity index (χ4n) is 3.33. The van der Waals surface area contributed by atoms with Gasteiger partial charge in [-0.1, -0.05) is 24.3 Å². The maximum Gasteiger partial charge on any atom is 0.270 e. The summed E-state index contributed by atoms with van der Waals surface area (Å²) in [6, 6.07) is 11.7. The highest BCUT2D eigenvalue weighted by Gasteiger charge is 2.28. The van der Waals surface area contributed by atoms with E-state index >= 15 is 0 Å². The summed E-state index contributed by atoms with van der Waals surface area (Å²) in [5.41, 5.74) is 3.31. The van der Waals surface area contributed by atoms with Gasteiger partial charge in [0.2, 0.25) is 0 Å². The number of benzene rings is 1. The zero-order valence-electron chi connectivity index (χ0n) is 15.0. The number of rotatable bonds is 4. The van der Waals surface area contributed by atoms with Gasteiger partial charge in [0.15, 0.2) is 0 Å². The number of nitrogens with zero attached hydrogens (tertiary/aromatic N) is 1. The Hall–Kier alpha value is -2.49. The molecule has 1 aromatic heterocycles. The second-order valence-corrected chi connectivity index (χ2v) is 7.69. The number of carbonyl (C=O) groups is 2. The number of nitrogens with one attached hydrogen (secondary N) is 1. The molecule has 0 saturated carbocycles. The van der Waals surface area contributed by atoms with E-state index in [1.807, 2.05) is 39.0 Å². The molecule has 0 fully saturated rings. The Labute approximate surface area is 148 Å². The molecule has 0 bridgehead atoms. The van der Waals surface area contributed by atoms with E-state index in [4.69, 9.17) is 0 Å². The molecule has 1 unspecified atom stereocenters. The summed E-state index contributed by atoms with van der Waals surface area (Å²) in [6.07, 6.45) is 3.77. The summed E-state index contributed by atoms with van der Waals surface area (Å²) < 4.78 is 0. The first-order valence-electron chi connectivity index (χ1n) is 8.71. The Morgan fingerprint density at radius 1 is 1.20 bits per heavy atom. The fourth-order valence-corrected chi connectivity index (χ4v) is 3.33. The maximum absolute atomic E-state index is 12.8. The highest BCUT2D eigenvalue weighted by Crippen LogP contribution is 2.34. The first kappa shape index (κ1) is 17.3. The zero-order chi connectivity index (χ0) is 18.0. The SMILES string of the molecule is CC(C)(C)NC(=O)c1cc(CC(=O)C2CCc3ccccc32)ccn1. The van der Waals surface area contributed by atoms with Crippen molar-refractivity contribution in [1.82, 2.24) is 10.3 Å². The first-order chi connectivity index (χ1) is 11.8. The molecule has 0 radical (unpaired) electrons. The molecule has 3 rings (SSSR count). The van der Waals surface area contributed by atoms with Gasteiger partial charge in [0.1, 0.15) is 11.5 Å². The first-order valence-corrected chi connectivity index (χ1v) is 8.71. The van der Waals surface area contributed by atoms with Gasteiger partial charge in [-0.05, 0) is 62.4 Å². The number of hydrogen-bond donors (Lipinski definition) is 1. The van der Waals surface area contributed by atoms with Crippen molar-refractivity contribution >= 4 is 11.7 Å². The van der Waals surface area contributed by atoms with Crippen LogP contribution in [-0.2, 0) is 17.6 Å². The molecule has 1 aliphatic rings. The van der Waals surface area contributed by atoms with Gasteiger partial charge in [0, 0.05) is 24.1 Å². The largest absolute Gasteiger partial charge is 0.346 e. The van der Waals surface area contributed by atoms with E-state index in [0.29, 0.717) is 12.1 Å². The van der Waals surface area contributed by atoms with E-state index < -0.39 is 0 Å². The van der Waals surface area contributed by atoms with Crippen molar-refractivity contribution in [2.75, 3.05) is 0 Å². The van der Waals surface area contributed by atoms with Crippen LogP contribution in [0.5, 0.6) is 0 Å². The monoisotopic (exact) mass is 336 g/mol. The molecular weight excluding hydrogens is 312 g/mol. The third-order valence-corrected chi connectivity index (χ3v) is 4.45. The molecule has 1 atom stereocenters. The minimum absolute atomic E-state index is 0.0313. The molecule has 1 N–H and O–H groups in total. The number of aromatic nitrogens is 1. The van der Waals surface area contributed by atoms with Crippen LogP contribution in [0.25, 0.3) is 0 Å². The number of fused-ring (bicyclic) bond motifs is 1. The van der Waals surface area contributed by atoms with Crippen molar-refractivity contribution in [2.24, 2.45) is 0 Å². The number of amides is 1. The van der Waals surface area contributed by atoms with Crippen LogP contribution in [-0.4, -0.2) is 22.2 Å². The Morgan fingerprint density at radius 2 is 1.96 bits per heavy atom. The summed E-state index contributed by atoms with van der Waals surface area (Å²) >= 11 is 0. The molecule has 1 aliphatic carbocycles. The van der Waals surface area contributed by atoms with Gasteiger partial charge in [0.25, 0.3) is 5.91 Å². The summed E-state index contributed by atoms with van der Waals surface area (Å²) in [7, 11) is 0. The van der Waals surface area contributed by atoms with Crippen molar-refractivity contribution in [3.05, 3.63) is 65.0 Å². The van der Waals surface area contributed by atoms with E-state index in [9.17, 15) is 9.59 Å². The molecule has 25 heavy (non-hydrogen) atoms. The lowest BCUT2D eigenvalue weighted by Gasteiger charge is -2.20. The van der Waals surface area contributed by atoms with Crippen molar-refractivity contribution in [2.45, 2.75) is 51.5 Å². The van der Waals surface area contributed by atoms with Crippen molar-refractivity contribution < 1.29 is 9.59 Å². The number of Topliss-reactive ketones (excluding diaryl/α,β-unsaturated/α-hetero) is 1. The smallest absolute Gasteiger partial charge is 0.270 e. The normalized spacial score (nSPS) is 16.4. The lowest BCUT2D eigenvalue weighted by molar-refractivity contribution is -0.119. The predicted octanol–water partition coefficient (Wildman–Crippen LogP) is 3.45. The van der Waals surface area contributed by atoms with Gasteiger partial charge in [-0.2, -0.15) is 0 Å². The van der Waals surface area contributed by atoms with Gasteiger partial charge in [-0.25, -0.2) is 0 Å². The van der Waals surface area contributed by atoms with Gasteiger partial charge < -0.3 is 5.32 Å². The molecule has 4 nitrogen and oxygen atoms in total. The Morgan fingerprint density at radius 3 is 2.72 bits per heavy atom. The summed E-state index contributed by atoms with van der Waals surface area (Å²) in [6.45, 7) is 5.78. The minimum Gasteiger partial charge on any atom is -0.346 e. The van der Waals surface area contributed by atoms with Crippen LogP contribution in [0, 0.1) is 0 Å². The molecule has 0 saturated heterocycles. The molecule has 1 heterocycles. The van der Waals surface area contributed by atoms with Crippen LogP contribution >= 0.6 is 0 Å². The predicted molar refractivity (Wildman–Crippen MR) is 97.7 cm³/mol. The number of aryl methyl sites for hydroxylation is 1. The number of hydrogen-bond acceptors (Lipinski definition) is 3. The summed E-state index contributed by atoms with van der Waals surface area (Å²) in [5, 5.41) is 2.90. The van der Waals surface area contributed by atoms with Gasteiger partial charge in [-0.15, -0.1) is 0 Å². The van der Waals surface area contributed by atoms with E-state index in [-0.39, 0.29) is 23.1 Å². The second kappa shape index (κ2) is 6.79. The Kier molecular flexibility index (Phi) is 4.71. The molecule has 130 valence electrons. The zero-order valence-corrected chi connectivity index (χ0v) is 15.0. The summed E-state index contributed by atoms with van der Waals surface area (Å²) in [4.78, 5) is 29.2. The molecule has 1 amide bonds. The standard InChI is InChI=1S/C21H24N2O2/c1-21(2,3)23-20(25)18-12-14(10-11-22-18)13-19(24)17-9-8-15-6-4-5-7-16(15)17/h4-7,10-12,17H,8-9,13H2,1-3H3,(H,23,25). The van der Waals surface area contributed by atoms with Crippen molar-refractivity contribution in [1.29, 1.82) is 0 Å². The highest BCUT2D eigenvalue weighted by atomic mass is 16.2. The fraction of sp³-hybridized carbons (Fsp3) is 0.381. The van der Waals surface area contributed by atoms with E-state index in [0.717, 1.165) is 24.0 Å².